The van der Waals surface area contributed by atoms with Crippen LogP contribution in [-0.2, 0) is 12.4 Å². The summed E-state index contributed by atoms with van der Waals surface area (Å²) in [5.41, 5.74) is -4.41. The van der Waals surface area contributed by atoms with E-state index in [2.05, 4.69) is 4.98 Å². The van der Waals surface area contributed by atoms with Crippen molar-refractivity contribution >= 4 is 22.4 Å². The molecule has 0 spiro atoms. The summed E-state index contributed by atoms with van der Waals surface area (Å²) in [4.78, 5) is 16.5. The molecule has 0 saturated heterocycles. The summed E-state index contributed by atoms with van der Waals surface area (Å²) in [6.07, 6.45) is -7.71. The minimum atomic E-state index is -5.01. The maximum absolute atomic E-state index is 13.8. The number of alkyl halides is 6. The molecule has 0 bridgehead atoms. The molecule has 0 unspecified atom stereocenters. The van der Waals surface area contributed by atoms with Crippen molar-refractivity contribution in [1.82, 2.24) is 9.97 Å². The molecule has 0 fully saturated rings. The van der Waals surface area contributed by atoms with Crippen LogP contribution in [0.1, 0.15) is 50.9 Å². The van der Waals surface area contributed by atoms with Crippen LogP contribution < -0.4 is 4.90 Å². The average molecular weight is 426 g/mol. The van der Waals surface area contributed by atoms with Gasteiger partial charge in [-0.3, -0.25) is 10.1 Å². The van der Waals surface area contributed by atoms with Crippen LogP contribution in [0.2, 0.25) is 0 Å². The molecule has 6 nitrogen and oxygen atoms in total. The molecule has 0 radical (unpaired) electrons. The van der Waals surface area contributed by atoms with Gasteiger partial charge in [0.15, 0.2) is 5.52 Å². The second kappa shape index (κ2) is 8.46. The van der Waals surface area contributed by atoms with Gasteiger partial charge in [0.25, 0.3) is 5.69 Å². The molecule has 0 aliphatic heterocycles. The summed E-state index contributed by atoms with van der Waals surface area (Å²) in [7, 11) is 0. The van der Waals surface area contributed by atoms with E-state index in [1.54, 1.807) is 0 Å². The van der Waals surface area contributed by atoms with Crippen molar-refractivity contribution in [3.63, 3.8) is 0 Å². The molecule has 0 saturated carbocycles. The van der Waals surface area contributed by atoms with Crippen LogP contribution >= 0.6 is 0 Å². The van der Waals surface area contributed by atoms with Gasteiger partial charge in [0.05, 0.1) is 21.7 Å². The highest BCUT2D eigenvalue weighted by molar-refractivity contribution is 5.97. The van der Waals surface area contributed by atoms with E-state index in [9.17, 15) is 36.5 Å². The van der Waals surface area contributed by atoms with Crippen molar-refractivity contribution in [2.45, 2.75) is 51.9 Å². The Balaban J connectivity index is 2.89. The Bertz CT molecular complexity index is 867. The topological polar surface area (TPSA) is 75.1 Å². The fourth-order valence-electron chi connectivity index (χ4n) is 2.99. The lowest BCUT2D eigenvalue weighted by atomic mass is 10.1. The number of halogens is 6. The van der Waals surface area contributed by atoms with E-state index in [4.69, 9.17) is 0 Å². The Morgan fingerprint density at radius 3 is 2.03 bits per heavy atom. The molecular weight excluding hydrogens is 406 g/mol. The lowest BCUT2D eigenvalue weighted by molar-refractivity contribution is -0.383. The highest BCUT2D eigenvalue weighted by Crippen LogP contribution is 2.45. The lowest BCUT2D eigenvalue weighted by Gasteiger charge is -2.28. The van der Waals surface area contributed by atoms with Crippen LogP contribution in [0.5, 0.6) is 0 Å². The molecule has 1 aromatic heterocycles. The number of anilines is 1. The number of aromatic amines is 1. The Kier molecular flexibility index (Phi) is 6.63. The van der Waals surface area contributed by atoms with Gasteiger partial charge in [0.1, 0.15) is 0 Å². The van der Waals surface area contributed by atoms with Crippen molar-refractivity contribution in [3.8, 4) is 0 Å². The summed E-state index contributed by atoms with van der Waals surface area (Å²) in [5, 5.41) is 11.3. The molecule has 0 aliphatic rings. The number of imidazole rings is 1. The Morgan fingerprint density at radius 2 is 1.62 bits per heavy atom. The molecule has 1 heterocycles. The van der Waals surface area contributed by atoms with Gasteiger partial charge >= 0.3 is 12.4 Å². The largest absolute Gasteiger partial charge is 0.449 e. The first-order valence-corrected chi connectivity index (χ1v) is 9.02. The molecule has 29 heavy (non-hydrogen) atoms. The van der Waals surface area contributed by atoms with Gasteiger partial charge in [0.2, 0.25) is 5.82 Å². The number of hydrogen-bond donors (Lipinski definition) is 1. The summed E-state index contributed by atoms with van der Waals surface area (Å²) in [5.74, 6) is -1.58. The van der Waals surface area contributed by atoms with Crippen molar-refractivity contribution in [2.24, 2.45) is 0 Å². The molecule has 0 atom stereocenters. The lowest BCUT2D eigenvalue weighted by Crippen LogP contribution is -2.28. The van der Waals surface area contributed by atoms with Crippen molar-refractivity contribution in [2.75, 3.05) is 18.0 Å². The molecular formula is C17H20F6N4O2. The fraction of sp³-hybridized carbons (Fsp3) is 0.588. The second-order valence-electron chi connectivity index (χ2n) is 6.55. The van der Waals surface area contributed by atoms with Gasteiger partial charge in [-0.25, -0.2) is 4.98 Å². The van der Waals surface area contributed by atoms with E-state index >= 15 is 0 Å². The van der Waals surface area contributed by atoms with E-state index in [0.29, 0.717) is 25.7 Å². The van der Waals surface area contributed by atoms with Crippen molar-refractivity contribution in [3.05, 3.63) is 27.6 Å². The van der Waals surface area contributed by atoms with Crippen LogP contribution in [0.15, 0.2) is 6.07 Å². The van der Waals surface area contributed by atoms with Crippen LogP contribution in [-0.4, -0.2) is 28.0 Å². The van der Waals surface area contributed by atoms with E-state index in [1.165, 1.54) is 4.90 Å². The van der Waals surface area contributed by atoms with Gasteiger partial charge in [-0.2, -0.15) is 26.3 Å². The quantitative estimate of drug-likeness (QED) is 0.323. The third kappa shape index (κ3) is 4.91. The Labute approximate surface area is 162 Å². The van der Waals surface area contributed by atoms with Gasteiger partial charge in [-0.15, -0.1) is 0 Å². The van der Waals surface area contributed by atoms with Gasteiger partial charge in [-0.1, -0.05) is 26.7 Å². The van der Waals surface area contributed by atoms with Gasteiger partial charge in [-0.05, 0) is 12.8 Å². The number of nitrogens with zero attached hydrogens (tertiary/aromatic N) is 3. The molecule has 0 amide bonds. The number of nitrogens with one attached hydrogen (secondary N) is 1. The monoisotopic (exact) mass is 426 g/mol. The number of benzene rings is 1. The van der Waals surface area contributed by atoms with E-state index in [-0.39, 0.29) is 19.2 Å². The second-order valence-corrected chi connectivity index (χ2v) is 6.55. The number of nitro benzene ring substituents is 1. The van der Waals surface area contributed by atoms with Crippen molar-refractivity contribution in [1.29, 1.82) is 0 Å². The summed E-state index contributed by atoms with van der Waals surface area (Å²) in [6.45, 7) is 3.97. The number of fused-ring (bicyclic) bond motifs is 1. The number of H-pyrrole nitrogens is 1. The number of nitro groups is 1. The zero-order valence-electron chi connectivity index (χ0n) is 15.7. The molecule has 1 aromatic carbocycles. The predicted molar refractivity (Wildman–Crippen MR) is 94.8 cm³/mol. The normalized spacial score (nSPS) is 12.6. The van der Waals surface area contributed by atoms with E-state index in [1.807, 2.05) is 18.8 Å². The van der Waals surface area contributed by atoms with Crippen LogP contribution in [0.4, 0.5) is 37.7 Å². The summed E-state index contributed by atoms with van der Waals surface area (Å²) in [6, 6.07) is 0.267. The maximum Gasteiger partial charge on any atom is 0.449 e. The summed E-state index contributed by atoms with van der Waals surface area (Å²) >= 11 is 0. The van der Waals surface area contributed by atoms with Crippen LogP contribution in [0.3, 0.4) is 0 Å². The number of hydrogen-bond acceptors (Lipinski definition) is 4. The van der Waals surface area contributed by atoms with Gasteiger partial charge in [0, 0.05) is 19.2 Å². The smallest absolute Gasteiger partial charge is 0.369 e. The first-order valence-electron chi connectivity index (χ1n) is 9.02. The standard InChI is InChI=1S/C17H20F6N4O2/c1-3-5-7-26(8-6-4-2)14-10(16(18,19)20)9-11(27(28)29)12-13(14)25-15(24-12)17(21,22)23/h9H,3-8H2,1-2H3,(H,24,25). The first-order chi connectivity index (χ1) is 13.4. The zero-order chi connectivity index (χ0) is 22.0. The predicted octanol–water partition coefficient (Wildman–Crippen LogP) is 5.92. The number of non-ortho nitro benzene ring substituents is 1. The molecule has 2 rings (SSSR count). The SMILES string of the molecule is CCCCN(CCCC)c1c(C(F)(F)F)cc([N+](=O)[O-])c2nc(C(F)(F)F)[nH]c12. The number of rotatable bonds is 8. The zero-order valence-corrected chi connectivity index (χ0v) is 15.7. The molecule has 2 aromatic rings. The molecule has 12 heteroatoms. The molecule has 0 aliphatic carbocycles. The van der Waals surface area contributed by atoms with Crippen molar-refractivity contribution < 1.29 is 31.3 Å². The maximum atomic E-state index is 13.8. The Hall–Kier alpha value is -2.53. The Morgan fingerprint density at radius 1 is 1.07 bits per heavy atom. The molecule has 162 valence electrons. The number of unbranched alkanes of at least 4 members (excludes halogenated alkanes) is 2. The highest BCUT2D eigenvalue weighted by atomic mass is 19.4. The summed E-state index contributed by atoms with van der Waals surface area (Å²) < 4.78 is 80.7. The third-order valence-corrected chi connectivity index (χ3v) is 4.37. The van der Waals surface area contributed by atoms with E-state index in [0.717, 1.165) is 0 Å². The fourth-order valence-corrected chi connectivity index (χ4v) is 2.99. The van der Waals surface area contributed by atoms with E-state index < -0.39 is 51.1 Å². The van der Waals surface area contributed by atoms with Crippen LogP contribution in [0.25, 0.3) is 11.0 Å². The highest BCUT2D eigenvalue weighted by Gasteiger charge is 2.42. The number of aromatic nitrogens is 2. The minimum absolute atomic E-state index is 0.160. The first kappa shape index (κ1) is 22.8. The van der Waals surface area contributed by atoms with Gasteiger partial charge < -0.3 is 9.88 Å². The third-order valence-electron chi connectivity index (χ3n) is 4.37. The molecule has 1 N–H and O–H groups in total. The van der Waals surface area contributed by atoms with Crippen LogP contribution in [0, 0.1) is 10.1 Å². The minimum Gasteiger partial charge on any atom is -0.369 e. The average Bonchev–Trinajstić information content (AvgIpc) is 3.05.